The van der Waals surface area contributed by atoms with Gasteiger partial charge >= 0.3 is 0 Å². The molecule has 31 heavy (non-hydrogen) atoms. The summed E-state index contributed by atoms with van der Waals surface area (Å²) in [6, 6.07) is 10.2. The Kier molecular flexibility index (Phi) is 7.39. The van der Waals surface area contributed by atoms with Crippen molar-refractivity contribution in [1.82, 2.24) is 0 Å². The molecule has 1 aromatic rings. The van der Waals surface area contributed by atoms with Crippen molar-refractivity contribution in [3.05, 3.63) is 29.8 Å². The Bertz CT molecular complexity index is 665. The maximum Gasteiger partial charge on any atom is 0.0342 e. The van der Waals surface area contributed by atoms with Crippen LogP contribution in [0.1, 0.15) is 123 Å². The number of benzene rings is 1. The van der Waals surface area contributed by atoms with E-state index in [0.29, 0.717) is 16.9 Å². The molecule has 0 amide bonds. The van der Waals surface area contributed by atoms with E-state index in [1.54, 1.807) is 0 Å². The zero-order chi connectivity index (χ0) is 21.9. The predicted octanol–water partition coefficient (Wildman–Crippen LogP) is 9.12. The molecule has 3 saturated carbocycles. The van der Waals surface area contributed by atoms with Gasteiger partial charge in [0.1, 0.15) is 0 Å². The fraction of sp³-hybridized carbons (Fsp3) is 0.800. The lowest BCUT2D eigenvalue weighted by Gasteiger charge is -2.46. The summed E-state index contributed by atoms with van der Waals surface area (Å²) in [5.74, 6) is 2.74. The van der Waals surface area contributed by atoms with Gasteiger partial charge in [0.2, 0.25) is 0 Å². The first-order valence-corrected chi connectivity index (χ1v) is 13.7. The van der Waals surface area contributed by atoms with E-state index in [1.165, 1.54) is 101 Å². The summed E-state index contributed by atoms with van der Waals surface area (Å²) in [4.78, 5) is 0. The first-order valence-electron chi connectivity index (χ1n) is 13.7. The molecule has 0 saturated heterocycles. The molecule has 1 N–H and O–H groups in total. The highest BCUT2D eigenvalue weighted by Crippen LogP contribution is 2.48. The summed E-state index contributed by atoms with van der Waals surface area (Å²) in [5, 5.41) is 3.89. The molecular formula is C30H49N. The third kappa shape index (κ3) is 5.33. The van der Waals surface area contributed by atoms with Gasteiger partial charge in [-0.15, -0.1) is 0 Å². The second-order valence-electron chi connectivity index (χ2n) is 12.5. The lowest BCUT2D eigenvalue weighted by atomic mass is 9.60. The fourth-order valence-electron chi connectivity index (χ4n) is 7.45. The van der Waals surface area contributed by atoms with Crippen molar-refractivity contribution in [3.8, 4) is 0 Å². The Hall–Kier alpha value is -0.980. The molecule has 174 valence electrons. The minimum Gasteiger partial charge on any atom is -0.382 e. The van der Waals surface area contributed by atoms with E-state index in [4.69, 9.17) is 0 Å². The van der Waals surface area contributed by atoms with Gasteiger partial charge in [-0.2, -0.15) is 0 Å². The van der Waals surface area contributed by atoms with E-state index in [9.17, 15) is 0 Å². The number of nitrogens with one attached hydrogen (secondary N) is 1. The minimum atomic E-state index is 0.307. The number of hydrogen-bond donors (Lipinski definition) is 1. The highest BCUT2D eigenvalue weighted by Gasteiger charge is 2.39. The van der Waals surface area contributed by atoms with Crippen molar-refractivity contribution < 1.29 is 0 Å². The average Bonchev–Trinajstić information content (AvgIpc) is 2.81. The van der Waals surface area contributed by atoms with Gasteiger partial charge in [0, 0.05) is 11.7 Å². The minimum absolute atomic E-state index is 0.307. The summed E-state index contributed by atoms with van der Waals surface area (Å²) in [6.45, 7) is 10.1. The van der Waals surface area contributed by atoms with Crippen LogP contribution in [0.5, 0.6) is 0 Å². The Morgan fingerprint density at radius 3 is 1.61 bits per heavy atom. The van der Waals surface area contributed by atoms with Crippen LogP contribution in [0.4, 0.5) is 5.69 Å². The van der Waals surface area contributed by atoms with Gasteiger partial charge in [0.15, 0.2) is 0 Å². The second kappa shape index (κ2) is 9.88. The molecule has 0 radical (unpaired) electrons. The van der Waals surface area contributed by atoms with Crippen LogP contribution in [0.25, 0.3) is 0 Å². The zero-order valence-electron chi connectivity index (χ0n) is 21.0. The molecule has 1 heteroatoms. The van der Waals surface area contributed by atoms with Gasteiger partial charge < -0.3 is 5.32 Å². The van der Waals surface area contributed by atoms with Gasteiger partial charge in [0.05, 0.1) is 0 Å². The summed E-state index contributed by atoms with van der Waals surface area (Å²) in [7, 11) is 0. The van der Waals surface area contributed by atoms with E-state index in [1.807, 2.05) is 0 Å². The molecule has 0 heterocycles. The first kappa shape index (κ1) is 23.2. The molecule has 3 aliphatic rings. The topological polar surface area (TPSA) is 12.0 Å². The van der Waals surface area contributed by atoms with E-state index < -0.39 is 0 Å². The molecule has 1 nitrogen and oxygen atoms in total. The molecular weight excluding hydrogens is 374 g/mol. The van der Waals surface area contributed by atoms with Crippen molar-refractivity contribution in [2.75, 3.05) is 5.32 Å². The van der Waals surface area contributed by atoms with E-state index in [-0.39, 0.29) is 0 Å². The summed E-state index contributed by atoms with van der Waals surface area (Å²) in [6.07, 6.45) is 20.0. The maximum absolute atomic E-state index is 3.89. The third-order valence-corrected chi connectivity index (χ3v) is 10.1. The Morgan fingerprint density at radius 1 is 0.581 bits per heavy atom. The van der Waals surface area contributed by atoms with Crippen molar-refractivity contribution >= 4 is 5.69 Å². The molecule has 1 aromatic carbocycles. The van der Waals surface area contributed by atoms with Crippen LogP contribution in [0.3, 0.4) is 0 Å². The zero-order valence-corrected chi connectivity index (χ0v) is 21.0. The van der Waals surface area contributed by atoms with Crippen LogP contribution in [-0.4, -0.2) is 6.04 Å². The largest absolute Gasteiger partial charge is 0.382 e. The first-order chi connectivity index (χ1) is 14.9. The van der Waals surface area contributed by atoms with Crippen LogP contribution < -0.4 is 5.32 Å². The van der Waals surface area contributed by atoms with Crippen LogP contribution >= 0.6 is 0 Å². The molecule has 4 rings (SSSR count). The van der Waals surface area contributed by atoms with Gasteiger partial charge in [-0.25, -0.2) is 0 Å². The summed E-state index contributed by atoms with van der Waals surface area (Å²) < 4.78 is 0. The molecule has 3 fully saturated rings. The van der Waals surface area contributed by atoms with Gasteiger partial charge in [-0.1, -0.05) is 78.4 Å². The highest BCUT2D eigenvalue weighted by molar-refractivity contribution is 5.47. The van der Waals surface area contributed by atoms with Crippen LogP contribution in [0.2, 0.25) is 0 Å². The summed E-state index contributed by atoms with van der Waals surface area (Å²) >= 11 is 0. The molecule has 0 bridgehead atoms. The normalized spacial score (nSPS) is 27.2. The lowest BCUT2D eigenvalue weighted by molar-refractivity contribution is 0.0567. The van der Waals surface area contributed by atoms with E-state index in [2.05, 4.69) is 57.3 Å². The molecule has 0 spiro atoms. The Labute approximate surface area is 193 Å². The number of rotatable bonds is 6. The molecule has 0 aliphatic heterocycles. The quantitative estimate of drug-likeness (QED) is 0.481. The fourth-order valence-corrected chi connectivity index (χ4v) is 7.45. The van der Waals surface area contributed by atoms with Gasteiger partial charge in [-0.05, 0) is 97.6 Å². The SMILES string of the molecule is CC(C)(c1ccc(NC2CCC(C(C)(C)C3CCCCC3)CC2)cc1)C1CCCCC1. The molecule has 0 aromatic heterocycles. The number of hydrogen-bond acceptors (Lipinski definition) is 1. The molecule has 0 unspecified atom stereocenters. The maximum atomic E-state index is 3.89. The predicted molar refractivity (Wildman–Crippen MR) is 136 cm³/mol. The smallest absolute Gasteiger partial charge is 0.0342 e. The number of anilines is 1. The Morgan fingerprint density at radius 2 is 1.06 bits per heavy atom. The van der Waals surface area contributed by atoms with Crippen LogP contribution in [0, 0.1) is 23.2 Å². The standard InChI is InChI=1S/C30H49N/c1-29(2,23-11-7-5-8-12-23)25-15-19-27(20-16-25)31-28-21-17-26(18-22-28)30(3,4)24-13-9-6-10-14-24/h15-16,19-20,23-24,26,28,31H,5-14,17-18,21-22H2,1-4H3. The van der Waals surface area contributed by atoms with Gasteiger partial charge in [-0.3, -0.25) is 0 Å². The molecule has 3 aliphatic carbocycles. The van der Waals surface area contributed by atoms with E-state index >= 15 is 0 Å². The van der Waals surface area contributed by atoms with Gasteiger partial charge in [0.25, 0.3) is 0 Å². The van der Waals surface area contributed by atoms with Crippen LogP contribution in [-0.2, 0) is 5.41 Å². The average molecular weight is 424 g/mol. The Balaban J connectivity index is 1.29. The molecule has 0 atom stereocenters. The van der Waals surface area contributed by atoms with Crippen molar-refractivity contribution in [1.29, 1.82) is 0 Å². The third-order valence-electron chi connectivity index (χ3n) is 10.1. The van der Waals surface area contributed by atoms with Crippen molar-refractivity contribution in [2.24, 2.45) is 23.2 Å². The second-order valence-corrected chi connectivity index (χ2v) is 12.5. The monoisotopic (exact) mass is 423 g/mol. The highest BCUT2D eigenvalue weighted by atomic mass is 14.9. The van der Waals surface area contributed by atoms with Crippen LogP contribution in [0.15, 0.2) is 24.3 Å². The lowest BCUT2D eigenvalue weighted by Crippen LogP contribution is -2.38. The van der Waals surface area contributed by atoms with Crippen molar-refractivity contribution in [2.45, 2.75) is 129 Å². The van der Waals surface area contributed by atoms with Crippen molar-refractivity contribution in [3.63, 3.8) is 0 Å². The van der Waals surface area contributed by atoms with E-state index in [0.717, 1.165) is 17.8 Å². The summed E-state index contributed by atoms with van der Waals surface area (Å²) in [5.41, 5.74) is 3.71.